The largest absolute Gasteiger partial charge is 0.858 e. The summed E-state index contributed by atoms with van der Waals surface area (Å²) in [6, 6.07) is 10.5. The fourth-order valence-electron chi connectivity index (χ4n) is 4.07. The molecule has 4 rings (SSSR count). The summed E-state index contributed by atoms with van der Waals surface area (Å²) >= 11 is 6.01. The second-order valence-corrected chi connectivity index (χ2v) is 8.99. The normalized spacial score (nSPS) is 14.1. The molecule has 182 valence electrons. The number of carbonyl (C=O) groups excluding carboxylic acids is 2. The first-order valence-corrected chi connectivity index (χ1v) is 11.8. The average molecular weight is 495 g/mol. The molecule has 0 bridgehead atoms. The van der Waals surface area contributed by atoms with Gasteiger partial charge in [-0.1, -0.05) is 32.4 Å². The number of hydrogen-bond acceptors (Lipinski definition) is 5. The van der Waals surface area contributed by atoms with Crippen molar-refractivity contribution in [3.63, 3.8) is 0 Å². The van der Waals surface area contributed by atoms with Gasteiger partial charge in [-0.05, 0) is 48.0 Å². The van der Waals surface area contributed by atoms with Gasteiger partial charge in [-0.2, -0.15) is 9.67 Å². The Balaban J connectivity index is 1.97. The monoisotopic (exact) mass is 494 g/mol. The lowest BCUT2D eigenvalue weighted by Gasteiger charge is -2.15. The van der Waals surface area contributed by atoms with Gasteiger partial charge in [0.25, 0.3) is 11.6 Å². The van der Waals surface area contributed by atoms with Crippen LogP contribution >= 0.6 is 11.6 Å². The summed E-state index contributed by atoms with van der Waals surface area (Å²) in [4.78, 5) is 28.2. The van der Waals surface area contributed by atoms with Gasteiger partial charge in [0.15, 0.2) is 12.4 Å². The molecule has 3 heterocycles. The van der Waals surface area contributed by atoms with Crippen LogP contribution in [0.25, 0.3) is 17.0 Å². The van der Waals surface area contributed by atoms with E-state index in [1.165, 1.54) is 11.8 Å². The zero-order valence-electron chi connectivity index (χ0n) is 20.1. The van der Waals surface area contributed by atoms with Crippen LogP contribution < -0.4 is 9.67 Å². The quantitative estimate of drug-likeness (QED) is 0.354. The third kappa shape index (κ3) is 4.47. The summed E-state index contributed by atoms with van der Waals surface area (Å²) in [5, 5.41) is 18.8. The van der Waals surface area contributed by atoms with Gasteiger partial charge < -0.3 is 9.84 Å². The molecule has 2 amide bonds. The molecule has 1 aliphatic rings. The minimum Gasteiger partial charge on any atom is -0.858 e. The molecule has 0 saturated carbocycles. The maximum Gasteiger partial charge on any atom is 0.326 e. The van der Waals surface area contributed by atoms with Crippen LogP contribution in [0.5, 0.6) is 5.88 Å². The zero-order chi connectivity index (χ0) is 25.3. The predicted octanol–water partition coefficient (Wildman–Crippen LogP) is 2.96. The molecule has 0 radical (unpaired) electrons. The van der Waals surface area contributed by atoms with E-state index < -0.39 is 17.7 Å². The van der Waals surface area contributed by atoms with E-state index in [9.17, 15) is 14.7 Å². The fourth-order valence-corrected chi connectivity index (χ4v) is 4.20. The number of benzene rings is 1. The van der Waals surface area contributed by atoms with Crippen molar-refractivity contribution >= 4 is 34.7 Å². The summed E-state index contributed by atoms with van der Waals surface area (Å²) in [5.74, 6) is -1.67. The molecular formula is C26H27ClN4O4. The van der Waals surface area contributed by atoms with Crippen LogP contribution in [0.4, 0.5) is 0 Å². The third-order valence-electron chi connectivity index (χ3n) is 5.97. The molecular weight excluding hydrogens is 468 g/mol. The van der Waals surface area contributed by atoms with E-state index >= 15 is 0 Å². The zero-order valence-corrected chi connectivity index (χ0v) is 20.9. The maximum absolute atomic E-state index is 13.7. The number of ether oxygens (including phenoxy) is 1. The van der Waals surface area contributed by atoms with Crippen LogP contribution in [-0.2, 0) is 20.7 Å². The summed E-state index contributed by atoms with van der Waals surface area (Å²) in [6.07, 6.45) is 4.31. The molecule has 0 atom stereocenters. The van der Waals surface area contributed by atoms with Crippen molar-refractivity contribution in [3.8, 4) is 11.6 Å². The molecule has 1 aromatic carbocycles. The van der Waals surface area contributed by atoms with Gasteiger partial charge in [-0.25, -0.2) is 4.68 Å². The van der Waals surface area contributed by atoms with Crippen LogP contribution in [0.15, 0.2) is 48.8 Å². The first-order valence-electron chi connectivity index (χ1n) is 11.4. The van der Waals surface area contributed by atoms with Crippen LogP contribution in [-0.4, -0.2) is 46.8 Å². The number of hydrogen-bond donors (Lipinski definition) is 0. The highest BCUT2D eigenvalue weighted by atomic mass is 35.5. The van der Waals surface area contributed by atoms with Gasteiger partial charge in [0.2, 0.25) is 0 Å². The van der Waals surface area contributed by atoms with Gasteiger partial charge in [-0.3, -0.25) is 14.5 Å². The van der Waals surface area contributed by atoms with Crippen LogP contribution in [0.1, 0.15) is 43.5 Å². The van der Waals surface area contributed by atoms with Gasteiger partial charge in [0.05, 0.1) is 24.5 Å². The molecule has 0 N–H and O–H groups in total. The van der Waals surface area contributed by atoms with Crippen molar-refractivity contribution in [1.29, 1.82) is 0 Å². The van der Waals surface area contributed by atoms with Gasteiger partial charge in [0, 0.05) is 29.8 Å². The highest BCUT2D eigenvalue weighted by molar-refractivity contribution is 6.45. The summed E-state index contributed by atoms with van der Waals surface area (Å²) in [7, 11) is 1.50. The number of carbonyl (C=O) groups is 2. The van der Waals surface area contributed by atoms with Crippen molar-refractivity contribution in [1.82, 2.24) is 14.7 Å². The maximum atomic E-state index is 13.7. The van der Waals surface area contributed by atoms with Gasteiger partial charge >= 0.3 is 5.91 Å². The number of pyridine rings is 1. The number of amides is 2. The lowest BCUT2D eigenvalue weighted by Crippen LogP contribution is -2.40. The minimum atomic E-state index is -0.538. The van der Waals surface area contributed by atoms with E-state index in [0.717, 1.165) is 16.9 Å². The third-order valence-corrected chi connectivity index (χ3v) is 6.22. The fraction of sp³-hybridized carbons (Fsp3) is 0.308. The van der Waals surface area contributed by atoms with E-state index in [-0.39, 0.29) is 35.9 Å². The molecule has 3 aromatic rings. The molecule has 8 nitrogen and oxygen atoms in total. The van der Waals surface area contributed by atoms with Crippen molar-refractivity contribution < 1.29 is 24.0 Å². The Morgan fingerprint density at radius 2 is 1.74 bits per heavy atom. The van der Waals surface area contributed by atoms with Gasteiger partial charge in [-0.15, -0.1) is 0 Å². The number of methoxy groups -OCH3 is 1. The molecule has 0 spiro atoms. The lowest BCUT2D eigenvalue weighted by atomic mass is 9.98. The smallest absolute Gasteiger partial charge is 0.326 e. The minimum absolute atomic E-state index is 0.0502. The van der Waals surface area contributed by atoms with Crippen molar-refractivity contribution in [2.45, 2.75) is 33.1 Å². The summed E-state index contributed by atoms with van der Waals surface area (Å²) in [5.41, 5.74) is 2.35. The molecule has 0 unspecified atom stereocenters. The highest BCUT2D eigenvalue weighted by Gasteiger charge is 2.46. The second-order valence-electron chi connectivity index (χ2n) is 8.55. The van der Waals surface area contributed by atoms with Crippen LogP contribution in [0.3, 0.4) is 0 Å². The number of imide groups is 1. The average Bonchev–Trinajstić information content (AvgIpc) is 3.31. The number of rotatable bonds is 8. The second kappa shape index (κ2) is 10.0. The lowest BCUT2D eigenvalue weighted by molar-refractivity contribution is -0.577. The van der Waals surface area contributed by atoms with Crippen molar-refractivity contribution in [2.75, 3.05) is 20.3 Å². The first-order chi connectivity index (χ1) is 16.8. The number of aromatic nitrogens is 3. The van der Waals surface area contributed by atoms with Crippen molar-refractivity contribution in [3.05, 3.63) is 70.6 Å². The molecule has 1 aliphatic heterocycles. The number of nitrogens with zero attached hydrogens (tertiary/aromatic N) is 4. The Labute approximate surface area is 209 Å². The Bertz CT molecular complexity index is 1290. The van der Waals surface area contributed by atoms with Crippen LogP contribution in [0, 0.1) is 0 Å². The summed E-state index contributed by atoms with van der Waals surface area (Å²) < 4.78 is 7.97. The molecule has 35 heavy (non-hydrogen) atoms. The Morgan fingerprint density at radius 1 is 1.09 bits per heavy atom. The SMILES string of the molecule is CCc1cc[n+](C2=C(c3c(C(C)C)nn(-c4ccc(Cl)cc4)c3[O-])C(=O)N(CCOC)C2=O)cc1. The van der Waals surface area contributed by atoms with Gasteiger partial charge in [0.1, 0.15) is 5.57 Å². The van der Waals surface area contributed by atoms with E-state index in [4.69, 9.17) is 16.3 Å². The Hall–Kier alpha value is -3.49. The number of halogens is 1. The van der Waals surface area contributed by atoms with E-state index in [1.54, 1.807) is 41.2 Å². The topological polar surface area (TPSA) is 91.4 Å². The van der Waals surface area contributed by atoms with E-state index in [1.807, 2.05) is 32.9 Å². The molecule has 0 fully saturated rings. The van der Waals surface area contributed by atoms with E-state index in [0.29, 0.717) is 16.4 Å². The molecule has 0 aliphatic carbocycles. The van der Waals surface area contributed by atoms with Crippen molar-refractivity contribution in [2.24, 2.45) is 0 Å². The number of aryl methyl sites for hydroxylation is 1. The van der Waals surface area contributed by atoms with E-state index in [2.05, 4.69) is 5.10 Å². The predicted molar refractivity (Wildman–Crippen MR) is 130 cm³/mol. The molecule has 2 aromatic heterocycles. The van der Waals surface area contributed by atoms with Crippen LogP contribution in [0.2, 0.25) is 5.02 Å². The first kappa shape index (κ1) is 24.6. The standard InChI is InChI=1S/C26H27ClN4O4/c1-5-17-10-12-29(13-11-17)23-21(24(32)30(26(23)34)14-15-35-4)20-22(16(2)3)28-31(25(20)33)19-8-6-18(27)7-9-19/h6-13,16H,5,14-15H2,1-4H3. The summed E-state index contributed by atoms with van der Waals surface area (Å²) in [6.45, 7) is 6.08. The highest BCUT2D eigenvalue weighted by Crippen LogP contribution is 2.39. The Kier molecular flexibility index (Phi) is 7.05. The molecule has 0 saturated heterocycles. The molecule has 9 heteroatoms. The Morgan fingerprint density at radius 3 is 2.31 bits per heavy atom.